The van der Waals surface area contributed by atoms with Crippen LogP contribution >= 0.6 is 0 Å². The van der Waals surface area contributed by atoms with Crippen LogP contribution in [0, 0.1) is 5.41 Å². The molecule has 1 aromatic rings. The summed E-state index contributed by atoms with van der Waals surface area (Å²) >= 11 is 0. The van der Waals surface area contributed by atoms with E-state index in [1.807, 2.05) is 35.2 Å². The van der Waals surface area contributed by atoms with Crippen LogP contribution in [0.3, 0.4) is 0 Å². The van der Waals surface area contributed by atoms with E-state index >= 15 is 0 Å². The van der Waals surface area contributed by atoms with Crippen LogP contribution in [0.2, 0.25) is 0 Å². The predicted octanol–water partition coefficient (Wildman–Crippen LogP) is 2.92. The van der Waals surface area contributed by atoms with E-state index in [1.54, 1.807) is 0 Å². The first-order valence-corrected chi connectivity index (χ1v) is 7.84. The van der Waals surface area contributed by atoms with Crippen LogP contribution in [0.25, 0.3) is 0 Å². The Morgan fingerprint density at radius 1 is 1.05 bits per heavy atom. The zero-order valence-electron chi connectivity index (χ0n) is 12.3. The molecule has 0 N–H and O–H groups in total. The Morgan fingerprint density at radius 2 is 1.70 bits per heavy atom. The molecule has 3 heteroatoms. The third-order valence-corrected chi connectivity index (χ3v) is 4.93. The summed E-state index contributed by atoms with van der Waals surface area (Å²) in [5, 5.41) is 0. The summed E-state index contributed by atoms with van der Waals surface area (Å²) < 4.78 is 0. The molecule has 1 aromatic carbocycles. The number of hydrogen-bond donors (Lipinski definition) is 0. The highest BCUT2D eigenvalue weighted by Gasteiger charge is 2.48. The number of likely N-dealkylation sites (tertiary alicyclic amines) is 1. The van der Waals surface area contributed by atoms with Gasteiger partial charge in [-0.3, -0.25) is 4.79 Å². The van der Waals surface area contributed by atoms with Crippen LogP contribution in [0.15, 0.2) is 30.3 Å². The number of anilines is 1. The lowest BCUT2D eigenvalue weighted by atomic mass is 9.77. The van der Waals surface area contributed by atoms with Crippen molar-refractivity contribution in [2.45, 2.75) is 32.6 Å². The maximum atomic E-state index is 12.9. The van der Waals surface area contributed by atoms with E-state index < -0.39 is 0 Å². The lowest BCUT2D eigenvalue weighted by molar-refractivity contribution is -0.128. The van der Waals surface area contributed by atoms with Gasteiger partial charge in [-0.1, -0.05) is 25.1 Å². The zero-order valence-corrected chi connectivity index (χ0v) is 12.3. The molecule has 0 bridgehead atoms. The largest absolute Gasteiger partial charge is 0.312 e. The van der Waals surface area contributed by atoms with Crippen LogP contribution in [-0.2, 0) is 4.79 Å². The van der Waals surface area contributed by atoms with E-state index in [-0.39, 0.29) is 5.41 Å². The smallest absolute Gasteiger partial charge is 0.233 e. The third kappa shape index (κ3) is 2.35. The minimum absolute atomic E-state index is 0.0694. The minimum Gasteiger partial charge on any atom is -0.312 e. The Kier molecular flexibility index (Phi) is 3.79. The van der Waals surface area contributed by atoms with Crippen molar-refractivity contribution < 1.29 is 4.79 Å². The molecule has 0 saturated carbocycles. The Labute approximate surface area is 121 Å². The van der Waals surface area contributed by atoms with E-state index in [0.717, 1.165) is 44.6 Å². The van der Waals surface area contributed by atoms with Gasteiger partial charge in [0.2, 0.25) is 5.91 Å². The van der Waals surface area contributed by atoms with Crippen LogP contribution in [0.5, 0.6) is 0 Å². The monoisotopic (exact) mass is 272 g/mol. The van der Waals surface area contributed by atoms with Gasteiger partial charge in [0.05, 0.1) is 5.41 Å². The molecule has 2 aliphatic heterocycles. The van der Waals surface area contributed by atoms with Gasteiger partial charge in [-0.2, -0.15) is 0 Å². The van der Waals surface area contributed by atoms with Crippen LogP contribution < -0.4 is 4.90 Å². The molecule has 2 heterocycles. The van der Waals surface area contributed by atoms with Crippen molar-refractivity contribution >= 4 is 11.6 Å². The number of carbonyl (C=O) groups excluding carboxylic acids is 1. The third-order valence-electron chi connectivity index (χ3n) is 4.93. The van der Waals surface area contributed by atoms with Crippen molar-refractivity contribution in [3.05, 3.63) is 30.3 Å². The van der Waals surface area contributed by atoms with Gasteiger partial charge in [0.25, 0.3) is 0 Å². The lowest BCUT2D eigenvalue weighted by Gasteiger charge is -2.37. The molecule has 0 radical (unpaired) electrons. The zero-order chi connectivity index (χ0) is 14.0. The van der Waals surface area contributed by atoms with E-state index in [4.69, 9.17) is 0 Å². The molecule has 108 valence electrons. The van der Waals surface area contributed by atoms with Crippen molar-refractivity contribution in [1.82, 2.24) is 4.90 Å². The predicted molar refractivity (Wildman–Crippen MR) is 81.8 cm³/mol. The Morgan fingerprint density at radius 3 is 2.35 bits per heavy atom. The molecule has 3 nitrogen and oxygen atoms in total. The summed E-state index contributed by atoms with van der Waals surface area (Å²) in [5.74, 6) is 0.361. The van der Waals surface area contributed by atoms with Crippen molar-refractivity contribution in [1.29, 1.82) is 0 Å². The van der Waals surface area contributed by atoms with E-state index in [0.29, 0.717) is 5.91 Å². The second kappa shape index (κ2) is 5.57. The van der Waals surface area contributed by atoms with Crippen molar-refractivity contribution in [3.63, 3.8) is 0 Å². The second-order valence-electron chi connectivity index (χ2n) is 6.16. The number of carbonyl (C=O) groups is 1. The number of piperidine rings is 1. The molecule has 2 aliphatic rings. The van der Waals surface area contributed by atoms with Gasteiger partial charge in [-0.25, -0.2) is 0 Å². The standard InChI is InChI=1S/C17H24N2O/c1-2-11-18-12-8-17(9-13-18)10-14-19(16(17)20)15-6-4-3-5-7-15/h3-7H,2,8-14H2,1H3. The number of benzene rings is 1. The van der Waals surface area contributed by atoms with Gasteiger partial charge >= 0.3 is 0 Å². The summed E-state index contributed by atoms with van der Waals surface area (Å²) in [5.41, 5.74) is 0.991. The first-order valence-electron chi connectivity index (χ1n) is 7.84. The quantitative estimate of drug-likeness (QED) is 0.844. The summed E-state index contributed by atoms with van der Waals surface area (Å²) in [6, 6.07) is 10.1. The molecule has 0 atom stereocenters. The topological polar surface area (TPSA) is 23.6 Å². The highest BCUT2D eigenvalue weighted by atomic mass is 16.2. The fraction of sp³-hybridized carbons (Fsp3) is 0.588. The number of rotatable bonds is 3. The molecule has 0 unspecified atom stereocenters. The highest BCUT2D eigenvalue weighted by molar-refractivity contribution is 5.99. The molecule has 0 aromatic heterocycles. The van der Waals surface area contributed by atoms with Crippen molar-refractivity contribution in [3.8, 4) is 0 Å². The van der Waals surface area contributed by atoms with E-state index in [2.05, 4.69) is 11.8 Å². The molecule has 20 heavy (non-hydrogen) atoms. The Hall–Kier alpha value is -1.35. The molecular weight excluding hydrogens is 248 g/mol. The number of nitrogens with zero attached hydrogens (tertiary/aromatic N) is 2. The minimum atomic E-state index is -0.0694. The maximum Gasteiger partial charge on any atom is 0.233 e. The molecule has 2 saturated heterocycles. The first kappa shape index (κ1) is 13.6. The van der Waals surface area contributed by atoms with E-state index in [1.165, 1.54) is 13.0 Å². The maximum absolute atomic E-state index is 12.9. The fourth-order valence-electron chi connectivity index (χ4n) is 3.66. The molecule has 0 aliphatic carbocycles. The molecule has 1 amide bonds. The van der Waals surface area contributed by atoms with Crippen molar-refractivity contribution in [2.75, 3.05) is 31.1 Å². The van der Waals surface area contributed by atoms with Gasteiger partial charge in [-0.05, 0) is 57.5 Å². The molecule has 3 rings (SSSR count). The van der Waals surface area contributed by atoms with Crippen LogP contribution in [0.1, 0.15) is 32.6 Å². The van der Waals surface area contributed by atoms with Gasteiger partial charge in [0.1, 0.15) is 0 Å². The summed E-state index contributed by atoms with van der Waals surface area (Å²) in [7, 11) is 0. The average Bonchev–Trinajstić information content (AvgIpc) is 2.80. The first-order chi connectivity index (χ1) is 9.75. The Balaban J connectivity index is 1.70. The molecule has 2 fully saturated rings. The van der Waals surface area contributed by atoms with Gasteiger partial charge in [-0.15, -0.1) is 0 Å². The number of amides is 1. The number of hydrogen-bond acceptors (Lipinski definition) is 2. The average molecular weight is 272 g/mol. The van der Waals surface area contributed by atoms with Crippen LogP contribution in [0.4, 0.5) is 5.69 Å². The highest BCUT2D eigenvalue weighted by Crippen LogP contribution is 2.42. The molecular formula is C17H24N2O. The van der Waals surface area contributed by atoms with Gasteiger partial charge in [0.15, 0.2) is 0 Å². The normalized spacial score (nSPS) is 22.6. The van der Waals surface area contributed by atoms with Gasteiger partial charge < -0.3 is 9.80 Å². The fourth-order valence-corrected chi connectivity index (χ4v) is 3.66. The van der Waals surface area contributed by atoms with E-state index in [9.17, 15) is 4.79 Å². The summed E-state index contributed by atoms with van der Waals surface area (Å²) in [6.07, 6.45) is 4.31. The molecule has 1 spiro atoms. The second-order valence-corrected chi connectivity index (χ2v) is 6.16. The number of para-hydroxylation sites is 1. The van der Waals surface area contributed by atoms with Crippen LogP contribution in [-0.4, -0.2) is 37.0 Å². The summed E-state index contributed by atoms with van der Waals surface area (Å²) in [6.45, 7) is 6.45. The lowest BCUT2D eigenvalue weighted by Crippen LogP contribution is -2.44. The SMILES string of the molecule is CCCN1CCC2(CC1)CCN(c1ccccc1)C2=O. The van der Waals surface area contributed by atoms with Crippen molar-refractivity contribution in [2.24, 2.45) is 5.41 Å². The summed E-state index contributed by atoms with van der Waals surface area (Å²) in [4.78, 5) is 17.4. The Bertz CT molecular complexity index is 463. The van der Waals surface area contributed by atoms with Gasteiger partial charge in [0, 0.05) is 12.2 Å².